The van der Waals surface area contributed by atoms with Crippen LogP contribution < -0.4 is 5.32 Å². The van der Waals surface area contributed by atoms with Gasteiger partial charge in [0.1, 0.15) is 13.2 Å². The molecule has 0 saturated carbocycles. The fraction of sp³-hybridized carbons (Fsp3) is 0.400. The molecule has 220 valence electrons. The Hall–Kier alpha value is -4.06. The number of hydrogen-bond acceptors (Lipinski definition) is 10. The largest absolute Gasteiger partial charge is 0.461 e. The molecule has 0 radical (unpaired) electrons. The van der Waals surface area contributed by atoms with Crippen molar-refractivity contribution in [3.05, 3.63) is 98.4 Å². The number of likely N-dealkylation sites (N-methyl/N-ethyl adjacent to an activating group) is 1. The third kappa shape index (κ3) is 8.71. The third-order valence-corrected chi connectivity index (χ3v) is 6.47. The molecule has 1 atom stereocenters. The topological polar surface area (TPSA) is 140 Å². The molecule has 2 aromatic carbocycles. The lowest BCUT2D eigenvalue weighted by Gasteiger charge is -2.31. The second-order valence-corrected chi connectivity index (χ2v) is 9.61. The molecule has 11 nitrogen and oxygen atoms in total. The Morgan fingerprint density at radius 3 is 2.39 bits per heavy atom. The highest BCUT2D eigenvalue weighted by atomic mass is 16.6. The van der Waals surface area contributed by atoms with E-state index in [4.69, 9.17) is 14.2 Å². The molecule has 1 unspecified atom stereocenters. The number of nitro groups is 1. The van der Waals surface area contributed by atoms with Crippen LogP contribution in [0.4, 0.5) is 5.69 Å². The molecule has 2 N–H and O–H groups in total. The van der Waals surface area contributed by atoms with E-state index >= 15 is 0 Å². The number of nitro benzene ring substituents is 1. The van der Waals surface area contributed by atoms with Crippen LogP contribution in [0.15, 0.2) is 77.1 Å². The summed E-state index contributed by atoms with van der Waals surface area (Å²) in [6, 6.07) is 15.6. The Morgan fingerprint density at radius 2 is 1.71 bits per heavy atom. The molecule has 1 aliphatic rings. The van der Waals surface area contributed by atoms with Gasteiger partial charge < -0.3 is 24.6 Å². The molecule has 3 rings (SSSR count). The van der Waals surface area contributed by atoms with Crippen molar-refractivity contribution in [2.24, 2.45) is 0 Å². The van der Waals surface area contributed by atoms with E-state index in [0.29, 0.717) is 31.0 Å². The number of nitrogens with zero attached hydrogens (tertiary/aromatic N) is 2. The number of carbonyl (C=O) groups excluding carboxylic acids is 2. The van der Waals surface area contributed by atoms with Crippen molar-refractivity contribution in [2.45, 2.75) is 32.7 Å². The SMILES string of the molecule is CCCOCCOC(=O)C1=C(CO)NC(C)=C(C(=O)OCCN(C)Cc2ccccc2)C1c1cccc([N+](=O)[O-])c1. The van der Waals surface area contributed by atoms with Gasteiger partial charge in [-0.25, -0.2) is 9.59 Å². The van der Waals surface area contributed by atoms with Crippen LogP contribution in [0.3, 0.4) is 0 Å². The Bertz CT molecular complexity index is 1280. The molecule has 41 heavy (non-hydrogen) atoms. The van der Waals surface area contributed by atoms with Gasteiger partial charge >= 0.3 is 11.9 Å². The smallest absolute Gasteiger partial charge is 0.336 e. The summed E-state index contributed by atoms with van der Waals surface area (Å²) in [6.45, 7) is 4.87. The molecular weight excluding hydrogens is 530 g/mol. The molecule has 1 aliphatic heterocycles. The van der Waals surface area contributed by atoms with Crippen LogP contribution in [0.1, 0.15) is 37.3 Å². The predicted molar refractivity (Wildman–Crippen MR) is 152 cm³/mol. The summed E-state index contributed by atoms with van der Waals surface area (Å²) in [7, 11) is 1.91. The van der Waals surface area contributed by atoms with Crippen molar-refractivity contribution in [1.29, 1.82) is 0 Å². The van der Waals surface area contributed by atoms with E-state index in [1.54, 1.807) is 13.0 Å². The standard InChI is InChI=1S/C30H37N3O8/c1-4-14-39-16-17-41-30(36)28-25(20-34)31-21(2)26(27(28)23-11-8-12-24(18-23)33(37)38)29(35)40-15-13-32(3)19-22-9-6-5-7-10-22/h5-12,18,27,31,34H,4,13-17,19-20H2,1-3H3. The molecule has 0 fully saturated rings. The molecule has 0 spiro atoms. The monoisotopic (exact) mass is 567 g/mol. The summed E-state index contributed by atoms with van der Waals surface area (Å²) in [4.78, 5) is 39.9. The zero-order valence-corrected chi connectivity index (χ0v) is 23.6. The first kappa shape index (κ1) is 31.5. The van der Waals surface area contributed by atoms with Crippen LogP contribution in [0.2, 0.25) is 0 Å². The second-order valence-electron chi connectivity index (χ2n) is 9.61. The lowest BCUT2D eigenvalue weighted by Crippen LogP contribution is -2.35. The van der Waals surface area contributed by atoms with Gasteiger partial charge in [-0.05, 0) is 31.5 Å². The number of nitrogens with one attached hydrogen (secondary N) is 1. The lowest BCUT2D eigenvalue weighted by atomic mass is 9.80. The quantitative estimate of drug-likeness (QED) is 0.142. The summed E-state index contributed by atoms with van der Waals surface area (Å²) < 4.78 is 16.5. The number of aliphatic hydroxyl groups is 1. The van der Waals surface area contributed by atoms with E-state index in [-0.39, 0.29) is 42.4 Å². The minimum Gasteiger partial charge on any atom is -0.461 e. The third-order valence-electron chi connectivity index (χ3n) is 6.47. The van der Waals surface area contributed by atoms with Crippen LogP contribution in [0, 0.1) is 10.1 Å². The first-order valence-corrected chi connectivity index (χ1v) is 13.5. The van der Waals surface area contributed by atoms with Crippen molar-refractivity contribution >= 4 is 17.6 Å². The molecule has 1 heterocycles. The Labute approximate surface area is 239 Å². The normalized spacial score (nSPS) is 15.1. The average Bonchev–Trinajstić information content (AvgIpc) is 2.96. The Morgan fingerprint density at radius 1 is 1.00 bits per heavy atom. The second kappa shape index (κ2) is 15.7. The summed E-state index contributed by atoms with van der Waals surface area (Å²) in [5.74, 6) is -2.54. The first-order chi connectivity index (χ1) is 19.8. The van der Waals surface area contributed by atoms with Crippen molar-refractivity contribution in [3.8, 4) is 0 Å². The predicted octanol–water partition coefficient (Wildman–Crippen LogP) is 3.45. The Kier molecular flexibility index (Phi) is 12.0. The number of aliphatic hydroxyl groups excluding tert-OH is 1. The van der Waals surface area contributed by atoms with Crippen molar-refractivity contribution < 1.29 is 33.8 Å². The van der Waals surface area contributed by atoms with Gasteiger partial charge in [-0.3, -0.25) is 15.0 Å². The maximum atomic E-state index is 13.5. The molecule has 0 bridgehead atoms. The fourth-order valence-electron chi connectivity index (χ4n) is 4.55. The van der Waals surface area contributed by atoms with Gasteiger partial charge in [0.05, 0.1) is 40.9 Å². The van der Waals surface area contributed by atoms with Crippen molar-refractivity contribution in [2.75, 3.05) is 46.6 Å². The number of hydrogen-bond donors (Lipinski definition) is 2. The van der Waals surface area contributed by atoms with E-state index in [9.17, 15) is 24.8 Å². The van der Waals surface area contributed by atoms with Gasteiger partial charge in [0.25, 0.3) is 5.69 Å². The van der Waals surface area contributed by atoms with Crippen LogP contribution in [0.25, 0.3) is 0 Å². The number of ether oxygens (including phenoxy) is 3. The first-order valence-electron chi connectivity index (χ1n) is 13.5. The maximum Gasteiger partial charge on any atom is 0.336 e. The highest BCUT2D eigenvalue weighted by molar-refractivity contribution is 6.00. The molecular formula is C30H37N3O8. The molecule has 2 aromatic rings. The molecule has 11 heteroatoms. The lowest BCUT2D eigenvalue weighted by molar-refractivity contribution is -0.384. The zero-order valence-electron chi connectivity index (χ0n) is 23.6. The van der Waals surface area contributed by atoms with Crippen molar-refractivity contribution in [1.82, 2.24) is 10.2 Å². The van der Waals surface area contributed by atoms with Gasteiger partial charge in [-0.1, -0.05) is 49.4 Å². The molecule has 0 amide bonds. The number of dihydropyridines is 1. The Balaban J connectivity index is 1.86. The number of carbonyl (C=O) groups is 2. The van der Waals surface area contributed by atoms with Gasteiger partial charge in [0.15, 0.2) is 0 Å². The minimum atomic E-state index is -1.07. The number of non-ortho nitro benzene ring substituents is 1. The van der Waals surface area contributed by atoms with Crippen molar-refractivity contribution in [3.63, 3.8) is 0 Å². The number of allylic oxidation sites excluding steroid dienone is 1. The number of benzene rings is 2. The van der Waals surface area contributed by atoms with Gasteiger partial charge in [0, 0.05) is 37.5 Å². The van der Waals surface area contributed by atoms with E-state index < -0.39 is 29.4 Å². The average molecular weight is 568 g/mol. The van der Waals surface area contributed by atoms with Crippen LogP contribution in [-0.2, 0) is 30.3 Å². The molecule has 0 aromatic heterocycles. The van der Waals surface area contributed by atoms with Gasteiger partial charge in [-0.15, -0.1) is 0 Å². The van der Waals surface area contributed by atoms with E-state index in [1.807, 2.05) is 49.2 Å². The summed E-state index contributed by atoms with van der Waals surface area (Å²) in [6.07, 6.45) is 0.810. The zero-order chi connectivity index (χ0) is 29.8. The summed E-state index contributed by atoms with van der Waals surface area (Å²) in [5, 5.41) is 24.6. The highest BCUT2D eigenvalue weighted by Gasteiger charge is 2.39. The molecule has 0 saturated heterocycles. The van der Waals surface area contributed by atoms with Gasteiger partial charge in [0.2, 0.25) is 0 Å². The van der Waals surface area contributed by atoms with Crippen LogP contribution in [0.5, 0.6) is 0 Å². The summed E-state index contributed by atoms with van der Waals surface area (Å²) >= 11 is 0. The number of rotatable bonds is 15. The van der Waals surface area contributed by atoms with Crippen LogP contribution in [-0.4, -0.2) is 73.5 Å². The van der Waals surface area contributed by atoms with E-state index in [0.717, 1.165) is 12.0 Å². The van der Waals surface area contributed by atoms with E-state index in [1.165, 1.54) is 18.2 Å². The highest BCUT2D eigenvalue weighted by Crippen LogP contribution is 2.40. The minimum absolute atomic E-state index is 0.0257. The number of esters is 2. The fourth-order valence-corrected chi connectivity index (χ4v) is 4.55. The maximum absolute atomic E-state index is 13.5. The summed E-state index contributed by atoms with van der Waals surface area (Å²) in [5.41, 5.74) is 1.79. The van der Waals surface area contributed by atoms with Crippen LogP contribution >= 0.6 is 0 Å². The molecule has 0 aliphatic carbocycles. The van der Waals surface area contributed by atoms with E-state index in [2.05, 4.69) is 5.32 Å². The van der Waals surface area contributed by atoms with Gasteiger partial charge in [-0.2, -0.15) is 0 Å².